The Morgan fingerprint density at radius 3 is 2.69 bits per heavy atom. The Bertz CT molecular complexity index is 1380. The molecule has 4 heterocycles. The summed E-state index contributed by atoms with van der Waals surface area (Å²) in [4.78, 5) is 31.1. The molecule has 39 heavy (non-hydrogen) atoms. The number of hydrogen-bond donors (Lipinski definition) is 0. The molecule has 8 heteroatoms. The summed E-state index contributed by atoms with van der Waals surface area (Å²) in [5.41, 5.74) is 4.75. The van der Waals surface area contributed by atoms with Crippen LogP contribution in [0, 0.1) is 6.92 Å². The van der Waals surface area contributed by atoms with Crippen molar-refractivity contribution < 1.29 is 9.53 Å². The summed E-state index contributed by atoms with van der Waals surface area (Å²) >= 11 is 0. The fourth-order valence-corrected chi connectivity index (χ4v) is 6.19. The van der Waals surface area contributed by atoms with Gasteiger partial charge in [-0.25, -0.2) is 0 Å². The summed E-state index contributed by atoms with van der Waals surface area (Å²) < 4.78 is 6.27. The molecular weight excluding hydrogens is 488 g/mol. The molecule has 3 aliphatic heterocycles. The van der Waals surface area contributed by atoms with Gasteiger partial charge in [0.15, 0.2) is 0 Å². The molecular formula is C31H38N6O2. The third-order valence-electron chi connectivity index (χ3n) is 8.52. The summed E-state index contributed by atoms with van der Waals surface area (Å²) in [6, 6.07) is 14.1. The largest absolute Gasteiger partial charge is 0.462 e. The first-order chi connectivity index (χ1) is 19.0. The highest BCUT2D eigenvalue weighted by molar-refractivity contribution is 5.95. The summed E-state index contributed by atoms with van der Waals surface area (Å²) in [6.45, 7) is 11.9. The van der Waals surface area contributed by atoms with Gasteiger partial charge in [0.05, 0.1) is 12.2 Å². The fraction of sp³-hybridized carbons (Fsp3) is 0.452. The van der Waals surface area contributed by atoms with Crippen LogP contribution in [0.15, 0.2) is 49.1 Å². The Morgan fingerprint density at radius 2 is 1.92 bits per heavy atom. The molecule has 0 N–H and O–H groups in total. The van der Waals surface area contributed by atoms with Crippen molar-refractivity contribution in [3.63, 3.8) is 0 Å². The van der Waals surface area contributed by atoms with Gasteiger partial charge >= 0.3 is 6.01 Å². The van der Waals surface area contributed by atoms with E-state index in [1.165, 1.54) is 40.1 Å². The lowest BCUT2D eigenvalue weighted by Gasteiger charge is -2.38. The van der Waals surface area contributed by atoms with Crippen molar-refractivity contribution in [3.05, 3.63) is 65.9 Å². The number of aromatic nitrogens is 2. The SMILES string of the molecule is C=CC(=O)N1CCN(c2nc(OC[C@@H]3CCCN3C)nc3c2CCN(c2cccc4ccc(C)cc24)C3)CC1. The number of hydrogen-bond acceptors (Lipinski definition) is 7. The Kier molecular flexibility index (Phi) is 7.12. The molecule has 2 saturated heterocycles. The van der Waals surface area contributed by atoms with Crippen LogP contribution in [0.2, 0.25) is 0 Å². The molecule has 0 radical (unpaired) electrons. The molecule has 1 aromatic heterocycles. The number of amides is 1. The second-order valence-corrected chi connectivity index (χ2v) is 11.0. The molecule has 1 amide bonds. The van der Waals surface area contributed by atoms with Crippen molar-refractivity contribution in [3.8, 4) is 6.01 Å². The quantitative estimate of drug-likeness (QED) is 0.453. The second-order valence-electron chi connectivity index (χ2n) is 11.0. The van der Waals surface area contributed by atoms with Crippen LogP contribution < -0.4 is 14.5 Å². The van der Waals surface area contributed by atoms with Crippen LogP contribution in [0.3, 0.4) is 0 Å². The number of likely N-dealkylation sites (N-methyl/N-ethyl adjacent to an activating group) is 1. The van der Waals surface area contributed by atoms with Crippen LogP contribution >= 0.6 is 0 Å². The molecule has 8 nitrogen and oxygen atoms in total. The number of fused-ring (bicyclic) bond motifs is 2. The minimum atomic E-state index is -0.00922. The molecule has 0 bridgehead atoms. The third-order valence-corrected chi connectivity index (χ3v) is 8.52. The highest BCUT2D eigenvalue weighted by Crippen LogP contribution is 2.34. The first kappa shape index (κ1) is 25.6. The smallest absolute Gasteiger partial charge is 0.318 e. The van der Waals surface area contributed by atoms with Gasteiger partial charge < -0.3 is 24.3 Å². The van der Waals surface area contributed by atoms with Crippen molar-refractivity contribution in [2.45, 2.75) is 38.8 Å². The Balaban J connectivity index is 1.30. The van der Waals surface area contributed by atoms with E-state index in [9.17, 15) is 4.79 Å². The number of ether oxygens (including phenoxy) is 1. The lowest BCUT2D eigenvalue weighted by molar-refractivity contribution is -0.126. The van der Waals surface area contributed by atoms with E-state index in [2.05, 4.69) is 71.6 Å². The standard InChI is InChI=1S/C31H38N6O2/c1-4-29(38)35-15-17-36(18-16-35)30-25-12-14-37(28-9-5-7-23-11-10-22(2)19-26(23)28)20-27(25)32-31(33-30)39-21-24-8-6-13-34(24)3/h4-5,7,9-11,19,24H,1,6,8,12-18,20-21H2,2-3H3/t24-/m0/s1. The van der Waals surface area contributed by atoms with E-state index in [1.807, 2.05) is 4.90 Å². The van der Waals surface area contributed by atoms with Crippen molar-refractivity contribution >= 4 is 28.2 Å². The van der Waals surface area contributed by atoms with Crippen molar-refractivity contribution in [1.29, 1.82) is 0 Å². The monoisotopic (exact) mass is 526 g/mol. The fourth-order valence-electron chi connectivity index (χ4n) is 6.19. The summed E-state index contributed by atoms with van der Waals surface area (Å²) in [7, 11) is 2.16. The Labute approximate surface area is 230 Å². The highest BCUT2D eigenvalue weighted by atomic mass is 16.5. The van der Waals surface area contributed by atoms with Gasteiger partial charge in [-0.15, -0.1) is 0 Å². The van der Waals surface area contributed by atoms with Crippen LogP contribution in [0.5, 0.6) is 6.01 Å². The molecule has 0 spiro atoms. The third kappa shape index (κ3) is 5.17. The minimum Gasteiger partial charge on any atom is -0.462 e. The lowest BCUT2D eigenvalue weighted by Crippen LogP contribution is -2.49. The predicted molar refractivity (Wildman–Crippen MR) is 156 cm³/mol. The van der Waals surface area contributed by atoms with E-state index in [-0.39, 0.29) is 5.91 Å². The van der Waals surface area contributed by atoms with Gasteiger partial charge in [0.2, 0.25) is 5.91 Å². The lowest BCUT2D eigenvalue weighted by atomic mass is 10.0. The van der Waals surface area contributed by atoms with E-state index in [1.54, 1.807) is 0 Å². The normalized spacial score (nSPS) is 19.8. The first-order valence-electron chi connectivity index (χ1n) is 14.1. The molecule has 2 aromatic carbocycles. The minimum absolute atomic E-state index is 0.00922. The van der Waals surface area contributed by atoms with Gasteiger partial charge in [-0.2, -0.15) is 9.97 Å². The van der Waals surface area contributed by atoms with Gasteiger partial charge in [-0.05, 0) is 63.4 Å². The molecule has 0 saturated carbocycles. The number of piperazine rings is 1. The molecule has 1 atom stereocenters. The van der Waals surface area contributed by atoms with Crippen LogP contribution in [-0.4, -0.2) is 84.6 Å². The second kappa shape index (κ2) is 10.8. The van der Waals surface area contributed by atoms with Gasteiger partial charge in [-0.1, -0.05) is 36.4 Å². The zero-order valence-corrected chi connectivity index (χ0v) is 23.1. The van der Waals surface area contributed by atoms with Crippen LogP contribution in [0.25, 0.3) is 10.8 Å². The molecule has 0 unspecified atom stereocenters. The average molecular weight is 527 g/mol. The predicted octanol–water partition coefficient (Wildman–Crippen LogP) is 3.81. The van der Waals surface area contributed by atoms with E-state index in [0.29, 0.717) is 38.3 Å². The zero-order chi connectivity index (χ0) is 26.9. The summed E-state index contributed by atoms with van der Waals surface area (Å²) in [5.74, 6) is 0.957. The number of carbonyl (C=O) groups excluding carboxylic acids is 1. The summed E-state index contributed by atoms with van der Waals surface area (Å²) in [5, 5.41) is 2.53. The van der Waals surface area contributed by atoms with Crippen molar-refractivity contribution in [1.82, 2.24) is 19.8 Å². The first-order valence-corrected chi connectivity index (χ1v) is 14.1. The number of aryl methyl sites for hydroxylation is 1. The van der Waals surface area contributed by atoms with Gasteiger partial charge in [-0.3, -0.25) is 4.79 Å². The Morgan fingerprint density at radius 1 is 1.08 bits per heavy atom. The molecule has 0 aliphatic carbocycles. The summed E-state index contributed by atoms with van der Waals surface area (Å²) in [6.07, 6.45) is 4.61. The van der Waals surface area contributed by atoms with E-state index in [4.69, 9.17) is 14.7 Å². The zero-order valence-electron chi connectivity index (χ0n) is 23.1. The van der Waals surface area contributed by atoms with E-state index >= 15 is 0 Å². The average Bonchev–Trinajstić information content (AvgIpc) is 3.39. The molecule has 204 valence electrons. The van der Waals surface area contributed by atoms with Crippen molar-refractivity contribution in [2.24, 2.45) is 0 Å². The van der Waals surface area contributed by atoms with Crippen LogP contribution in [0.1, 0.15) is 29.7 Å². The number of likely N-dealkylation sites (tertiary alicyclic amines) is 1. The number of carbonyl (C=O) groups is 1. The molecule has 2 fully saturated rings. The van der Waals surface area contributed by atoms with Crippen molar-refractivity contribution in [2.75, 3.05) is 62.7 Å². The number of anilines is 2. The molecule has 6 rings (SSSR count). The van der Waals surface area contributed by atoms with E-state index < -0.39 is 0 Å². The molecule has 3 aromatic rings. The maximum absolute atomic E-state index is 12.2. The Hall–Kier alpha value is -3.65. The maximum atomic E-state index is 12.2. The number of nitrogens with zero attached hydrogens (tertiary/aromatic N) is 6. The number of benzene rings is 2. The van der Waals surface area contributed by atoms with Crippen LogP contribution in [-0.2, 0) is 17.8 Å². The van der Waals surface area contributed by atoms with Gasteiger partial charge in [0, 0.05) is 55.4 Å². The topological polar surface area (TPSA) is 65.0 Å². The maximum Gasteiger partial charge on any atom is 0.318 e. The molecule has 3 aliphatic rings. The highest BCUT2D eigenvalue weighted by Gasteiger charge is 2.29. The van der Waals surface area contributed by atoms with Crippen LogP contribution in [0.4, 0.5) is 11.5 Å². The van der Waals surface area contributed by atoms with Gasteiger partial charge in [0.1, 0.15) is 12.4 Å². The van der Waals surface area contributed by atoms with Gasteiger partial charge in [0.25, 0.3) is 0 Å². The number of rotatable bonds is 6. The van der Waals surface area contributed by atoms with E-state index in [0.717, 1.165) is 50.5 Å².